The second kappa shape index (κ2) is 5.77. The van der Waals surface area contributed by atoms with Crippen LogP contribution in [0.3, 0.4) is 0 Å². The van der Waals surface area contributed by atoms with Crippen LogP contribution < -0.4 is 10.6 Å². The van der Waals surface area contributed by atoms with Gasteiger partial charge in [0.25, 0.3) is 0 Å². The minimum absolute atomic E-state index is 0.0335. The van der Waals surface area contributed by atoms with Crippen LogP contribution in [0.25, 0.3) is 0 Å². The van der Waals surface area contributed by atoms with Crippen molar-refractivity contribution >= 4 is 15.7 Å². The van der Waals surface area contributed by atoms with Crippen molar-refractivity contribution in [3.05, 3.63) is 35.4 Å². The highest BCUT2D eigenvalue weighted by atomic mass is 32.2. The Bertz CT molecular complexity index is 642. The molecule has 0 radical (unpaired) electrons. The summed E-state index contributed by atoms with van der Waals surface area (Å²) in [6, 6.07) is 7.89. The fourth-order valence-corrected chi connectivity index (χ4v) is 4.90. The molecule has 1 unspecified atom stereocenters. The zero-order chi connectivity index (χ0) is 14.9. The van der Waals surface area contributed by atoms with Crippen LogP contribution in [0.1, 0.15) is 17.5 Å². The predicted molar refractivity (Wildman–Crippen MR) is 80.5 cm³/mol. The second-order valence-electron chi connectivity index (χ2n) is 5.92. The van der Waals surface area contributed by atoms with E-state index in [9.17, 15) is 13.2 Å². The normalized spacial score (nSPS) is 27.0. The summed E-state index contributed by atoms with van der Waals surface area (Å²) in [5.74, 6) is 0.486. The third kappa shape index (κ3) is 3.44. The first-order valence-electron chi connectivity index (χ1n) is 7.32. The molecule has 5 nitrogen and oxygen atoms in total. The molecule has 1 aromatic carbocycles. The van der Waals surface area contributed by atoms with Crippen LogP contribution in [-0.2, 0) is 27.6 Å². The second-order valence-corrected chi connectivity index (χ2v) is 8.15. The van der Waals surface area contributed by atoms with Gasteiger partial charge >= 0.3 is 0 Å². The van der Waals surface area contributed by atoms with Gasteiger partial charge in [0.15, 0.2) is 9.84 Å². The van der Waals surface area contributed by atoms with Crippen molar-refractivity contribution in [2.45, 2.75) is 25.4 Å². The summed E-state index contributed by atoms with van der Waals surface area (Å²) in [4.78, 5) is 12.2. The number of rotatable bonds is 3. The van der Waals surface area contributed by atoms with Crippen LogP contribution in [0.2, 0.25) is 0 Å². The average molecular weight is 308 g/mol. The van der Waals surface area contributed by atoms with Gasteiger partial charge in [-0.15, -0.1) is 0 Å². The molecule has 114 valence electrons. The molecule has 2 atom stereocenters. The van der Waals surface area contributed by atoms with Crippen molar-refractivity contribution in [3.63, 3.8) is 0 Å². The summed E-state index contributed by atoms with van der Waals surface area (Å²) in [6.45, 7) is 1.16. The van der Waals surface area contributed by atoms with E-state index >= 15 is 0 Å². The molecule has 2 heterocycles. The highest BCUT2D eigenvalue weighted by Gasteiger charge is 2.29. The standard InChI is InChI=1S/C15H20N2O3S/c18-15(17-8-11-5-6-21(19,20)10-11)14-7-12-3-1-2-4-13(12)9-16-14/h1-4,11,14,16H,5-10H2,(H,17,18)/t11?,14-/m1/s1. The van der Waals surface area contributed by atoms with E-state index < -0.39 is 9.84 Å². The summed E-state index contributed by atoms with van der Waals surface area (Å²) in [7, 11) is -2.88. The molecular weight excluding hydrogens is 288 g/mol. The summed E-state index contributed by atoms with van der Waals surface area (Å²) < 4.78 is 22.8. The molecule has 6 heteroatoms. The highest BCUT2D eigenvalue weighted by molar-refractivity contribution is 7.91. The van der Waals surface area contributed by atoms with Gasteiger partial charge in [-0.2, -0.15) is 0 Å². The average Bonchev–Trinajstić information content (AvgIpc) is 2.83. The van der Waals surface area contributed by atoms with Gasteiger partial charge in [-0.1, -0.05) is 24.3 Å². The summed E-state index contributed by atoms with van der Waals surface area (Å²) in [5, 5.41) is 6.13. The van der Waals surface area contributed by atoms with Crippen molar-refractivity contribution in [1.29, 1.82) is 0 Å². The number of fused-ring (bicyclic) bond motifs is 1. The van der Waals surface area contributed by atoms with Crippen LogP contribution in [0, 0.1) is 5.92 Å². The fourth-order valence-electron chi connectivity index (χ4n) is 3.04. The largest absolute Gasteiger partial charge is 0.354 e. The van der Waals surface area contributed by atoms with E-state index in [1.807, 2.05) is 12.1 Å². The van der Waals surface area contributed by atoms with Gasteiger partial charge in [0.05, 0.1) is 17.5 Å². The SMILES string of the molecule is O=C(NCC1CCS(=O)(=O)C1)[C@H]1Cc2ccccc2CN1. The molecule has 2 aliphatic heterocycles. The Kier molecular flexibility index (Phi) is 3.99. The van der Waals surface area contributed by atoms with Gasteiger partial charge in [0.1, 0.15) is 0 Å². The Morgan fingerprint density at radius 3 is 2.76 bits per heavy atom. The number of sulfone groups is 1. The van der Waals surface area contributed by atoms with E-state index in [0.29, 0.717) is 25.9 Å². The van der Waals surface area contributed by atoms with E-state index in [2.05, 4.69) is 22.8 Å². The molecule has 0 saturated carbocycles. The quantitative estimate of drug-likeness (QED) is 0.839. The summed E-state index contributed by atoms with van der Waals surface area (Å²) >= 11 is 0. The highest BCUT2D eigenvalue weighted by Crippen LogP contribution is 2.18. The fraction of sp³-hybridized carbons (Fsp3) is 0.533. The minimum Gasteiger partial charge on any atom is -0.354 e. The molecule has 21 heavy (non-hydrogen) atoms. The lowest BCUT2D eigenvalue weighted by atomic mass is 9.95. The third-order valence-corrected chi connectivity index (χ3v) is 6.13. The van der Waals surface area contributed by atoms with E-state index in [1.165, 1.54) is 11.1 Å². The molecule has 1 aromatic rings. The monoisotopic (exact) mass is 308 g/mol. The zero-order valence-electron chi connectivity index (χ0n) is 11.8. The molecule has 3 rings (SSSR count). The van der Waals surface area contributed by atoms with Crippen molar-refractivity contribution in [2.75, 3.05) is 18.1 Å². The van der Waals surface area contributed by atoms with E-state index in [1.54, 1.807) is 0 Å². The van der Waals surface area contributed by atoms with Crippen LogP contribution in [0.5, 0.6) is 0 Å². The predicted octanol–water partition coefficient (Wildman–Crippen LogP) is 0.252. The Morgan fingerprint density at radius 2 is 2.05 bits per heavy atom. The van der Waals surface area contributed by atoms with Crippen LogP contribution in [0.15, 0.2) is 24.3 Å². The minimum atomic E-state index is -2.88. The maximum atomic E-state index is 12.2. The van der Waals surface area contributed by atoms with Gasteiger partial charge in [0.2, 0.25) is 5.91 Å². The Hall–Kier alpha value is -1.40. The number of carbonyl (C=O) groups is 1. The van der Waals surface area contributed by atoms with Gasteiger partial charge in [-0.05, 0) is 29.9 Å². The van der Waals surface area contributed by atoms with Crippen molar-refractivity contribution in [3.8, 4) is 0 Å². The van der Waals surface area contributed by atoms with Gasteiger partial charge in [-0.3, -0.25) is 4.79 Å². The lowest BCUT2D eigenvalue weighted by molar-refractivity contribution is -0.123. The molecule has 0 aromatic heterocycles. The maximum Gasteiger partial charge on any atom is 0.237 e. The Balaban J connectivity index is 1.53. The Morgan fingerprint density at radius 1 is 1.29 bits per heavy atom. The number of amides is 1. The molecule has 0 bridgehead atoms. The van der Waals surface area contributed by atoms with Crippen LogP contribution in [-0.4, -0.2) is 38.4 Å². The maximum absolute atomic E-state index is 12.2. The van der Waals surface area contributed by atoms with Crippen molar-refractivity contribution in [2.24, 2.45) is 5.92 Å². The molecular formula is C15H20N2O3S. The summed E-state index contributed by atoms with van der Waals surface area (Å²) in [5.41, 5.74) is 2.45. The van der Waals surface area contributed by atoms with Crippen LogP contribution >= 0.6 is 0 Å². The number of carbonyl (C=O) groups excluding carboxylic acids is 1. The van der Waals surface area contributed by atoms with Crippen molar-refractivity contribution in [1.82, 2.24) is 10.6 Å². The molecule has 2 N–H and O–H groups in total. The first kappa shape index (κ1) is 14.5. The lowest BCUT2D eigenvalue weighted by Crippen LogP contribution is -2.48. The topological polar surface area (TPSA) is 75.3 Å². The van der Waals surface area contributed by atoms with E-state index in [-0.39, 0.29) is 29.4 Å². The van der Waals surface area contributed by atoms with Gasteiger partial charge in [-0.25, -0.2) is 8.42 Å². The Labute approximate surface area is 125 Å². The molecule has 2 aliphatic rings. The smallest absolute Gasteiger partial charge is 0.237 e. The van der Waals surface area contributed by atoms with E-state index in [4.69, 9.17) is 0 Å². The van der Waals surface area contributed by atoms with Gasteiger partial charge in [0, 0.05) is 13.1 Å². The van der Waals surface area contributed by atoms with Gasteiger partial charge < -0.3 is 10.6 Å². The lowest BCUT2D eigenvalue weighted by Gasteiger charge is -2.25. The molecule has 1 fully saturated rings. The first-order chi connectivity index (χ1) is 10.0. The van der Waals surface area contributed by atoms with E-state index in [0.717, 1.165) is 0 Å². The number of hydrogen-bond donors (Lipinski definition) is 2. The molecule has 0 spiro atoms. The zero-order valence-corrected chi connectivity index (χ0v) is 12.7. The van der Waals surface area contributed by atoms with Crippen molar-refractivity contribution < 1.29 is 13.2 Å². The molecule has 1 amide bonds. The number of hydrogen-bond acceptors (Lipinski definition) is 4. The number of benzene rings is 1. The molecule has 0 aliphatic carbocycles. The third-order valence-electron chi connectivity index (χ3n) is 4.29. The molecule has 1 saturated heterocycles. The van der Waals surface area contributed by atoms with Crippen LogP contribution in [0.4, 0.5) is 0 Å². The summed E-state index contributed by atoms with van der Waals surface area (Å²) in [6.07, 6.45) is 1.34. The first-order valence-corrected chi connectivity index (χ1v) is 9.14. The number of nitrogens with one attached hydrogen (secondary N) is 2.